The Hall–Kier alpha value is -0.900. The van der Waals surface area contributed by atoms with Gasteiger partial charge in [-0.05, 0) is 32.1 Å². The van der Waals surface area contributed by atoms with E-state index in [-0.39, 0.29) is 5.54 Å². The van der Waals surface area contributed by atoms with Gasteiger partial charge in [-0.3, -0.25) is 5.10 Å². The van der Waals surface area contributed by atoms with Crippen molar-refractivity contribution in [1.29, 1.82) is 0 Å². The van der Waals surface area contributed by atoms with E-state index in [1.807, 2.05) is 0 Å². The molecule has 0 bridgehead atoms. The van der Waals surface area contributed by atoms with Gasteiger partial charge in [0.15, 0.2) is 5.82 Å². The first-order chi connectivity index (χ1) is 7.78. The summed E-state index contributed by atoms with van der Waals surface area (Å²) in [6.07, 6.45) is 9.83. The quantitative estimate of drug-likeness (QED) is 0.802. The maximum atomic E-state index is 6.22. The molecule has 2 aliphatic rings. The van der Waals surface area contributed by atoms with Crippen molar-refractivity contribution in [2.75, 3.05) is 0 Å². The first-order valence-corrected chi connectivity index (χ1v) is 6.50. The summed E-state index contributed by atoms with van der Waals surface area (Å²) in [6, 6.07) is 0. The molecule has 88 valence electrons. The number of hydrogen-bond acceptors (Lipinski definition) is 3. The minimum absolute atomic E-state index is 0.219. The summed E-state index contributed by atoms with van der Waals surface area (Å²) in [7, 11) is 0. The zero-order valence-corrected chi connectivity index (χ0v) is 9.71. The van der Waals surface area contributed by atoms with Crippen LogP contribution in [-0.4, -0.2) is 15.2 Å². The molecule has 2 saturated carbocycles. The van der Waals surface area contributed by atoms with Gasteiger partial charge < -0.3 is 5.73 Å². The van der Waals surface area contributed by atoms with E-state index in [0.29, 0.717) is 5.92 Å². The lowest BCUT2D eigenvalue weighted by Crippen LogP contribution is -2.44. The third-order valence-electron chi connectivity index (χ3n) is 4.19. The lowest BCUT2D eigenvalue weighted by atomic mass is 9.77. The molecule has 0 saturated heterocycles. The first kappa shape index (κ1) is 10.3. The van der Waals surface area contributed by atoms with E-state index >= 15 is 0 Å². The summed E-state index contributed by atoms with van der Waals surface area (Å²) in [6.45, 7) is 0. The molecule has 4 nitrogen and oxygen atoms in total. The van der Waals surface area contributed by atoms with Gasteiger partial charge in [-0.2, -0.15) is 5.10 Å². The molecule has 3 N–H and O–H groups in total. The molecule has 1 heterocycles. The van der Waals surface area contributed by atoms with Crippen molar-refractivity contribution >= 4 is 0 Å². The highest BCUT2D eigenvalue weighted by molar-refractivity contribution is 5.11. The normalized spacial score (nSPS) is 25.3. The Labute approximate surface area is 96.0 Å². The monoisotopic (exact) mass is 220 g/mol. The van der Waals surface area contributed by atoms with Crippen molar-refractivity contribution in [2.45, 2.75) is 62.8 Å². The molecule has 0 unspecified atom stereocenters. The van der Waals surface area contributed by atoms with Gasteiger partial charge in [-0.15, -0.1) is 0 Å². The molecule has 0 atom stereocenters. The molecule has 0 amide bonds. The number of nitrogens with two attached hydrogens (primary N) is 1. The van der Waals surface area contributed by atoms with Gasteiger partial charge in [-0.25, -0.2) is 4.98 Å². The van der Waals surface area contributed by atoms with Gasteiger partial charge in [0.2, 0.25) is 0 Å². The maximum absolute atomic E-state index is 6.22. The zero-order chi connectivity index (χ0) is 11.0. The minimum atomic E-state index is -0.219. The highest BCUT2D eigenvalue weighted by atomic mass is 15.2. The van der Waals surface area contributed by atoms with Crippen LogP contribution in [0.4, 0.5) is 0 Å². The fourth-order valence-electron chi connectivity index (χ4n) is 2.84. The van der Waals surface area contributed by atoms with Crippen LogP contribution in [0.2, 0.25) is 0 Å². The van der Waals surface area contributed by atoms with Crippen LogP contribution in [-0.2, 0) is 5.54 Å². The maximum Gasteiger partial charge on any atom is 0.170 e. The van der Waals surface area contributed by atoms with E-state index in [9.17, 15) is 0 Å². The van der Waals surface area contributed by atoms with E-state index in [4.69, 9.17) is 5.73 Å². The van der Waals surface area contributed by atoms with Crippen LogP contribution in [0.3, 0.4) is 0 Å². The van der Waals surface area contributed by atoms with Crippen LogP contribution in [0.25, 0.3) is 0 Å². The number of nitrogens with zero attached hydrogens (tertiary/aromatic N) is 2. The summed E-state index contributed by atoms with van der Waals surface area (Å²) >= 11 is 0. The number of aromatic nitrogens is 3. The first-order valence-electron chi connectivity index (χ1n) is 6.50. The molecule has 1 aromatic rings. The number of rotatable bonds is 2. The molecule has 4 heteroatoms. The third kappa shape index (κ3) is 1.65. The molecule has 1 aromatic heterocycles. The van der Waals surface area contributed by atoms with Crippen LogP contribution in [0.15, 0.2) is 0 Å². The highest BCUT2D eigenvalue weighted by Gasteiger charge is 2.38. The van der Waals surface area contributed by atoms with Gasteiger partial charge in [0.25, 0.3) is 0 Å². The summed E-state index contributed by atoms with van der Waals surface area (Å²) in [4.78, 5) is 4.64. The van der Waals surface area contributed by atoms with Gasteiger partial charge >= 0.3 is 0 Å². The standard InChI is InChI=1S/C12H20N4/c13-12(7-4-8-12)11-14-10(15-16-11)9-5-2-1-3-6-9/h9H,1-8,13H2,(H,14,15,16). The fourth-order valence-corrected chi connectivity index (χ4v) is 2.84. The molecule has 0 spiro atoms. The molecule has 16 heavy (non-hydrogen) atoms. The van der Waals surface area contributed by atoms with Crippen LogP contribution in [0, 0.1) is 0 Å². The topological polar surface area (TPSA) is 67.6 Å². The Morgan fingerprint density at radius 3 is 2.50 bits per heavy atom. The predicted molar refractivity (Wildman–Crippen MR) is 61.9 cm³/mol. The molecule has 0 aromatic carbocycles. The Morgan fingerprint density at radius 2 is 1.88 bits per heavy atom. The molecule has 3 rings (SSSR count). The molecule has 2 aliphatic carbocycles. The number of H-pyrrole nitrogens is 1. The average molecular weight is 220 g/mol. The van der Waals surface area contributed by atoms with E-state index in [2.05, 4.69) is 15.2 Å². The van der Waals surface area contributed by atoms with E-state index < -0.39 is 0 Å². The van der Waals surface area contributed by atoms with Gasteiger partial charge in [0.1, 0.15) is 5.82 Å². The van der Waals surface area contributed by atoms with Crippen molar-refractivity contribution in [1.82, 2.24) is 15.2 Å². The van der Waals surface area contributed by atoms with Crippen LogP contribution < -0.4 is 5.73 Å². The number of aromatic amines is 1. The zero-order valence-electron chi connectivity index (χ0n) is 9.71. The third-order valence-corrected chi connectivity index (χ3v) is 4.19. The van der Waals surface area contributed by atoms with Crippen molar-refractivity contribution < 1.29 is 0 Å². The fraction of sp³-hybridized carbons (Fsp3) is 0.833. The Balaban J connectivity index is 1.76. The molecular formula is C12H20N4. The van der Waals surface area contributed by atoms with Crippen molar-refractivity contribution in [2.24, 2.45) is 5.73 Å². The second-order valence-electron chi connectivity index (χ2n) is 5.39. The second-order valence-corrected chi connectivity index (χ2v) is 5.39. The number of nitrogens with one attached hydrogen (secondary N) is 1. The largest absolute Gasteiger partial charge is 0.319 e. The van der Waals surface area contributed by atoms with Crippen LogP contribution >= 0.6 is 0 Å². The Kier molecular flexibility index (Phi) is 2.46. The summed E-state index contributed by atoms with van der Waals surface area (Å²) < 4.78 is 0. The Morgan fingerprint density at radius 1 is 1.12 bits per heavy atom. The van der Waals surface area contributed by atoms with E-state index in [1.165, 1.54) is 38.5 Å². The SMILES string of the molecule is NC1(c2n[nH]c(C3CCCCC3)n2)CCC1. The lowest BCUT2D eigenvalue weighted by molar-refractivity contribution is 0.238. The van der Waals surface area contributed by atoms with E-state index in [0.717, 1.165) is 24.5 Å². The van der Waals surface area contributed by atoms with Gasteiger partial charge in [0, 0.05) is 5.92 Å². The smallest absolute Gasteiger partial charge is 0.170 e. The Bertz CT molecular complexity index is 361. The minimum Gasteiger partial charge on any atom is -0.319 e. The number of hydrogen-bond donors (Lipinski definition) is 2. The van der Waals surface area contributed by atoms with E-state index in [1.54, 1.807) is 0 Å². The summed E-state index contributed by atoms with van der Waals surface area (Å²) in [5.74, 6) is 2.52. The second kappa shape index (κ2) is 3.84. The van der Waals surface area contributed by atoms with Gasteiger partial charge in [0.05, 0.1) is 5.54 Å². The molecule has 2 fully saturated rings. The van der Waals surface area contributed by atoms with Crippen molar-refractivity contribution in [3.63, 3.8) is 0 Å². The lowest BCUT2D eigenvalue weighted by Gasteiger charge is -2.35. The highest BCUT2D eigenvalue weighted by Crippen LogP contribution is 2.38. The van der Waals surface area contributed by atoms with Crippen LogP contribution in [0.1, 0.15) is 68.9 Å². The van der Waals surface area contributed by atoms with Crippen molar-refractivity contribution in [3.8, 4) is 0 Å². The average Bonchev–Trinajstić information content (AvgIpc) is 2.77. The molecular weight excluding hydrogens is 200 g/mol. The summed E-state index contributed by atoms with van der Waals surface area (Å²) in [5.41, 5.74) is 6.00. The van der Waals surface area contributed by atoms with Crippen LogP contribution in [0.5, 0.6) is 0 Å². The molecule has 0 radical (unpaired) electrons. The predicted octanol–water partition coefficient (Wildman–Crippen LogP) is 2.19. The van der Waals surface area contributed by atoms with Crippen molar-refractivity contribution in [3.05, 3.63) is 11.6 Å². The molecule has 0 aliphatic heterocycles. The van der Waals surface area contributed by atoms with Gasteiger partial charge in [-0.1, -0.05) is 19.3 Å². The summed E-state index contributed by atoms with van der Waals surface area (Å²) in [5, 5.41) is 7.43.